The number of rotatable bonds is 6. The number of carbonyl (C=O) groups excluding carboxylic acids is 1. The molecule has 4 heteroatoms. The zero-order chi connectivity index (χ0) is 13.5. The Labute approximate surface area is 113 Å². The van der Waals surface area contributed by atoms with Crippen molar-refractivity contribution in [3.63, 3.8) is 0 Å². The third-order valence-electron chi connectivity index (χ3n) is 3.06. The Morgan fingerprint density at radius 2 is 2.16 bits per heavy atom. The van der Waals surface area contributed by atoms with Crippen molar-refractivity contribution in [2.75, 3.05) is 18.5 Å². The van der Waals surface area contributed by atoms with E-state index in [-0.39, 0.29) is 19.1 Å². The van der Waals surface area contributed by atoms with Gasteiger partial charge in [-0.1, -0.05) is 12.2 Å². The second kappa shape index (κ2) is 6.95. The molecule has 1 amide bonds. The average Bonchev–Trinajstić information content (AvgIpc) is 2.90. The Balaban J connectivity index is 1.81. The molecule has 0 bridgehead atoms. The number of anilines is 1. The molecule has 1 aliphatic carbocycles. The lowest BCUT2D eigenvalue weighted by molar-refractivity contribution is -0.116. The van der Waals surface area contributed by atoms with Gasteiger partial charge in [-0.25, -0.2) is 0 Å². The molecule has 2 N–H and O–H groups in total. The van der Waals surface area contributed by atoms with Crippen LogP contribution in [-0.4, -0.2) is 24.2 Å². The standard InChI is InChI=1S/C15H19NO3/c17-9-10-19-14-7-5-13(6-8-14)16-15(18)11-12-3-1-2-4-12/h1,3,5-8,12,17H,2,4,9-11H2,(H,16,18). The summed E-state index contributed by atoms with van der Waals surface area (Å²) in [6.45, 7) is 0.271. The number of amides is 1. The van der Waals surface area contributed by atoms with E-state index in [2.05, 4.69) is 17.5 Å². The molecule has 0 saturated carbocycles. The molecule has 1 aliphatic rings. The van der Waals surface area contributed by atoms with E-state index in [0.29, 0.717) is 18.1 Å². The summed E-state index contributed by atoms with van der Waals surface area (Å²) in [5.41, 5.74) is 0.767. The Bertz CT molecular complexity index is 439. The van der Waals surface area contributed by atoms with Crippen molar-refractivity contribution in [3.8, 4) is 5.75 Å². The number of carbonyl (C=O) groups is 1. The minimum absolute atomic E-state index is 0.00655. The maximum Gasteiger partial charge on any atom is 0.224 e. The summed E-state index contributed by atoms with van der Waals surface area (Å²) in [6.07, 6.45) is 6.94. The van der Waals surface area contributed by atoms with Gasteiger partial charge in [0.2, 0.25) is 5.91 Å². The van der Waals surface area contributed by atoms with Crippen molar-refractivity contribution >= 4 is 11.6 Å². The Kier molecular flexibility index (Phi) is 4.98. The molecule has 1 atom stereocenters. The summed E-state index contributed by atoms with van der Waals surface area (Å²) >= 11 is 0. The first kappa shape index (κ1) is 13.6. The summed E-state index contributed by atoms with van der Waals surface area (Å²) in [6, 6.07) is 7.16. The van der Waals surface area contributed by atoms with E-state index in [4.69, 9.17) is 9.84 Å². The van der Waals surface area contributed by atoms with E-state index in [1.165, 1.54) is 0 Å². The number of hydrogen-bond donors (Lipinski definition) is 2. The highest BCUT2D eigenvalue weighted by atomic mass is 16.5. The van der Waals surface area contributed by atoms with Crippen molar-refractivity contribution in [2.45, 2.75) is 19.3 Å². The molecule has 0 fully saturated rings. The molecule has 19 heavy (non-hydrogen) atoms. The van der Waals surface area contributed by atoms with E-state index in [9.17, 15) is 4.79 Å². The number of aliphatic hydroxyl groups is 1. The third-order valence-corrected chi connectivity index (χ3v) is 3.06. The molecule has 0 saturated heterocycles. The number of hydrogen-bond acceptors (Lipinski definition) is 3. The van der Waals surface area contributed by atoms with Gasteiger partial charge in [0, 0.05) is 12.1 Å². The first-order valence-electron chi connectivity index (χ1n) is 6.58. The maximum absolute atomic E-state index is 11.8. The Morgan fingerprint density at radius 1 is 1.37 bits per heavy atom. The molecule has 2 rings (SSSR count). The number of allylic oxidation sites excluding steroid dienone is 2. The molecule has 1 unspecified atom stereocenters. The SMILES string of the molecule is O=C(CC1C=CCC1)Nc1ccc(OCCO)cc1. The number of aliphatic hydroxyl groups excluding tert-OH is 1. The minimum Gasteiger partial charge on any atom is -0.491 e. The van der Waals surface area contributed by atoms with Gasteiger partial charge < -0.3 is 15.2 Å². The highest BCUT2D eigenvalue weighted by Gasteiger charge is 2.13. The summed E-state index contributed by atoms with van der Waals surface area (Å²) < 4.78 is 5.25. The lowest BCUT2D eigenvalue weighted by Gasteiger charge is -2.09. The number of benzene rings is 1. The van der Waals surface area contributed by atoms with Crippen LogP contribution in [0, 0.1) is 5.92 Å². The smallest absolute Gasteiger partial charge is 0.224 e. The van der Waals surface area contributed by atoms with Crippen LogP contribution in [0.4, 0.5) is 5.69 Å². The van der Waals surface area contributed by atoms with Crippen molar-refractivity contribution in [2.24, 2.45) is 5.92 Å². The summed E-state index contributed by atoms with van der Waals surface area (Å²) in [5.74, 6) is 1.11. The van der Waals surface area contributed by atoms with Gasteiger partial charge in [0.15, 0.2) is 0 Å². The average molecular weight is 261 g/mol. The number of ether oxygens (including phenoxy) is 1. The zero-order valence-electron chi connectivity index (χ0n) is 10.8. The summed E-state index contributed by atoms with van der Waals surface area (Å²) in [5, 5.41) is 11.5. The van der Waals surface area contributed by atoms with Crippen molar-refractivity contribution < 1.29 is 14.6 Å². The van der Waals surface area contributed by atoms with Crippen LogP contribution in [0.5, 0.6) is 5.75 Å². The zero-order valence-corrected chi connectivity index (χ0v) is 10.8. The van der Waals surface area contributed by atoms with Gasteiger partial charge in [-0.3, -0.25) is 4.79 Å². The van der Waals surface area contributed by atoms with E-state index in [1.807, 2.05) is 0 Å². The molecule has 0 aromatic heterocycles. The molecule has 1 aromatic carbocycles. The molecule has 0 radical (unpaired) electrons. The van der Waals surface area contributed by atoms with Crippen LogP contribution in [0.3, 0.4) is 0 Å². The molecule has 0 heterocycles. The van der Waals surface area contributed by atoms with Crippen LogP contribution >= 0.6 is 0 Å². The van der Waals surface area contributed by atoms with Crippen LogP contribution in [-0.2, 0) is 4.79 Å². The highest BCUT2D eigenvalue weighted by Crippen LogP contribution is 2.21. The molecular formula is C15H19NO3. The van der Waals surface area contributed by atoms with E-state index >= 15 is 0 Å². The first-order valence-corrected chi connectivity index (χ1v) is 6.58. The quantitative estimate of drug-likeness (QED) is 0.773. The summed E-state index contributed by atoms with van der Waals surface area (Å²) in [4.78, 5) is 11.8. The van der Waals surface area contributed by atoms with E-state index < -0.39 is 0 Å². The predicted octanol–water partition coefficient (Wildman–Crippen LogP) is 2.35. The first-order chi connectivity index (χ1) is 9.28. The maximum atomic E-state index is 11.8. The lowest BCUT2D eigenvalue weighted by atomic mass is 10.1. The van der Waals surface area contributed by atoms with Crippen molar-refractivity contribution in [1.82, 2.24) is 0 Å². The van der Waals surface area contributed by atoms with Crippen LogP contribution in [0.1, 0.15) is 19.3 Å². The van der Waals surface area contributed by atoms with Gasteiger partial charge in [-0.15, -0.1) is 0 Å². The third kappa shape index (κ3) is 4.41. The topological polar surface area (TPSA) is 58.6 Å². The Hall–Kier alpha value is -1.81. The van der Waals surface area contributed by atoms with Crippen molar-refractivity contribution in [1.29, 1.82) is 0 Å². The summed E-state index contributed by atoms with van der Waals surface area (Å²) in [7, 11) is 0. The molecule has 102 valence electrons. The van der Waals surface area contributed by atoms with Crippen molar-refractivity contribution in [3.05, 3.63) is 36.4 Å². The van der Waals surface area contributed by atoms with Gasteiger partial charge in [0.25, 0.3) is 0 Å². The molecule has 0 aliphatic heterocycles. The van der Waals surface area contributed by atoms with Crippen LogP contribution in [0.15, 0.2) is 36.4 Å². The van der Waals surface area contributed by atoms with Crippen LogP contribution in [0.25, 0.3) is 0 Å². The van der Waals surface area contributed by atoms with Crippen LogP contribution in [0.2, 0.25) is 0 Å². The second-order valence-corrected chi connectivity index (χ2v) is 4.61. The fraction of sp³-hybridized carbons (Fsp3) is 0.400. The fourth-order valence-electron chi connectivity index (χ4n) is 2.11. The largest absolute Gasteiger partial charge is 0.491 e. The normalized spacial score (nSPS) is 17.4. The molecule has 0 spiro atoms. The highest BCUT2D eigenvalue weighted by molar-refractivity contribution is 5.91. The molecular weight excluding hydrogens is 242 g/mol. The van der Waals surface area contributed by atoms with E-state index in [0.717, 1.165) is 18.5 Å². The fourth-order valence-corrected chi connectivity index (χ4v) is 2.11. The molecule has 1 aromatic rings. The minimum atomic E-state index is -0.00655. The van der Waals surface area contributed by atoms with Gasteiger partial charge in [-0.05, 0) is 43.0 Å². The molecule has 4 nitrogen and oxygen atoms in total. The van der Waals surface area contributed by atoms with Gasteiger partial charge in [-0.2, -0.15) is 0 Å². The van der Waals surface area contributed by atoms with E-state index in [1.54, 1.807) is 24.3 Å². The lowest BCUT2D eigenvalue weighted by Crippen LogP contribution is -2.14. The van der Waals surface area contributed by atoms with Gasteiger partial charge in [0.05, 0.1) is 6.61 Å². The Morgan fingerprint density at radius 3 is 2.79 bits per heavy atom. The van der Waals surface area contributed by atoms with Gasteiger partial charge in [0.1, 0.15) is 12.4 Å². The monoisotopic (exact) mass is 261 g/mol. The van der Waals surface area contributed by atoms with Crippen LogP contribution < -0.4 is 10.1 Å². The second-order valence-electron chi connectivity index (χ2n) is 4.61. The predicted molar refractivity (Wildman–Crippen MR) is 74.1 cm³/mol. The number of nitrogens with one attached hydrogen (secondary N) is 1. The van der Waals surface area contributed by atoms with Gasteiger partial charge >= 0.3 is 0 Å².